The first-order chi connectivity index (χ1) is 10.0. The Morgan fingerprint density at radius 3 is 2.67 bits per heavy atom. The second-order valence-corrected chi connectivity index (χ2v) is 5.49. The van der Waals surface area contributed by atoms with Crippen LogP contribution in [0.5, 0.6) is 0 Å². The van der Waals surface area contributed by atoms with Gasteiger partial charge in [0.2, 0.25) is 0 Å². The molecule has 0 spiro atoms. The molecule has 0 amide bonds. The fraction of sp³-hybridized carbons (Fsp3) is 0.235. The predicted molar refractivity (Wildman–Crippen MR) is 83.1 cm³/mol. The first-order valence-electron chi connectivity index (χ1n) is 6.76. The quantitative estimate of drug-likeness (QED) is 0.746. The van der Waals surface area contributed by atoms with Gasteiger partial charge in [-0.05, 0) is 36.9 Å². The Labute approximate surface area is 129 Å². The zero-order valence-electron chi connectivity index (χ0n) is 11.9. The minimum Gasteiger partial charge on any atom is -0.302 e. The summed E-state index contributed by atoms with van der Waals surface area (Å²) in [7, 11) is 1.94. The van der Waals surface area contributed by atoms with Gasteiger partial charge in [0.1, 0.15) is 5.82 Å². The van der Waals surface area contributed by atoms with E-state index in [2.05, 4.69) is 0 Å². The maximum atomic E-state index is 13.1. The van der Waals surface area contributed by atoms with Crippen LogP contribution >= 0.6 is 11.6 Å². The molecule has 0 fully saturated rings. The Bertz CT molecular complexity index is 630. The van der Waals surface area contributed by atoms with E-state index in [1.165, 1.54) is 12.1 Å². The van der Waals surface area contributed by atoms with Crippen molar-refractivity contribution < 1.29 is 9.18 Å². The molecule has 21 heavy (non-hydrogen) atoms. The molecule has 0 aliphatic rings. The molecule has 2 rings (SSSR count). The second kappa shape index (κ2) is 7.34. The highest BCUT2D eigenvalue weighted by Gasteiger charge is 2.09. The molecule has 0 aromatic heterocycles. The Balaban J connectivity index is 1.86. The molecule has 0 N–H and O–H groups in total. The number of rotatable bonds is 6. The van der Waals surface area contributed by atoms with Crippen LogP contribution in [-0.4, -0.2) is 24.3 Å². The highest BCUT2D eigenvalue weighted by Crippen LogP contribution is 2.13. The van der Waals surface area contributed by atoms with E-state index < -0.39 is 0 Å². The fourth-order valence-electron chi connectivity index (χ4n) is 2.12. The van der Waals surface area contributed by atoms with Crippen LogP contribution in [-0.2, 0) is 6.54 Å². The van der Waals surface area contributed by atoms with Gasteiger partial charge in [-0.3, -0.25) is 4.79 Å². The molecule has 0 saturated carbocycles. The normalized spacial score (nSPS) is 10.9. The van der Waals surface area contributed by atoms with Crippen molar-refractivity contribution in [2.75, 3.05) is 13.6 Å². The SMILES string of the molecule is CN(CCC(=O)c1cccc(F)c1)Cc1cccc(Cl)c1. The summed E-state index contributed by atoms with van der Waals surface area (Å²) >= 11 is 5.94. The number of carbonyl (C=O) groups excluding carboxylic acids is 1. The number of hydrogen-bond donors (Lipinski definition) is 0. The summed E-state index contributed by atoms with van der Waals surface area (Å²) in [5.41, 5.74) is 1.52. The van der Waals surface area contributed by atoms with E-state index in [-0.39, 0.29) is 11.6 Å². The van der Waals surface area contributed by atoms with E-state index in [9.17, 15) is 9.18 Å². The van der Waals surface area contributed by atoms with Gasteiger partial charge in [-0.25, -0.2) is 4.39 Å². The van der Waals surface area contributed by atoms with Crippen LogP contribution in [0.15, 0.2) is 48.5 Å². The molecule has 0 bridgehead atoms. The lowest BCUT2D eigenvalue weighted by atomic mass is 10.1. The molecule has 0 unspecified atom stereocenters. The van der Waals surface area contributed by atoms with E-state index in [0.29, 0.717) is 23.6 Å². The van der Waals surface area contributed by atoms with Gasteiger partial charge in [-0.1, -0.05) is 35.9 Å². The van der Waals surface area contributed by atoms with Crippen molar-refractivity contribution in [1.82, 2.24) is 4.90 Å². The summed E-state index contributed by atoms with van der Waals surface area (Å²) in [6.07, 6.45) is 0.362. The summed E-state index contributed by atoms with van der Waals surface area (Å²) in [5, 5.41) is 0.705. The zero-order valence-corrected chi connectivity index (χ0v) is 12.6. The molecular weight excluding hydrogens is 289 g/mol. The first kappa shape index (κ1) is 15.7. The Kier molecular flexibility index (Phi) is 5.48. The van der Waals surface area contributed by atoms with E-state index in [4.69, 9.17) is 11.6 Å². The number of hydrogen-bond acceptors (Lipinski definition) is 2. The number of halogens is 2. The highest BCUT2D eigenvalue weighted by atomic mass is 35.5. The van der Waals surface area contributed by atoms with Gasteiger partial charge in [0.15, 0.2) is 5.78 Å². The third-order valence-electron chi connectivity index (χ3n) is 3.21. The van der Waals surface area contributed by atoms with Crippen molar-refractivity contribution in [3.05, 3.63) is 70.5 Å². The third kappa shape index (κ3) is 4.96. The Morgan fingerprint density at radius 2 is 1.95 bits per heavy atom. The van der Waals surface area contributed by atoms with Gasteiger partial charge in [0, 0.05) is 30.1 Å². The molecule has 0 atom stereocenters. The lowest BCUT2D eigenvalue weighted by Crippen LogP contribution is -2.21. The van der Waals surface area contributed by atoms with Crippen LogP contribution in [0.3, 0.4) is 0 Å². The lowest BCUT2D eigenvalue weighted by Gasteiger charge is -2.16. The molecule has 0 heterocycles. The number of ketones is 1. The molecule has 2 aromatic carbocycles. The number of carbonyl (C=O) groups is 1. The molecule has 0 aliphatic heterocycles. The molecule has 0 saturated heterocycles. The van der Waals surface area contributed by atoms with Gasteiger partial charge in [0.25, 0.3) is 0 Å². The molecule has 110 valence electrons. The summed E-state index contributed by atoms with van der Waals surface area (Å²) in [6.45, 7) is 1.33. The predicted octanol–water partition coefficient (Wildman–Crippen LogP) is 4.18. The smallest absolute Gasteiger partial charge is 0.164 e. The molecular formula is C17H17ClFNO. The summed E-state index contributed by atoms with van der Waals surface area (Å²) < 4.78 is 13.1. The fourth-order valence-corrected chi connectivity index (χ4v) is 2.34. The van der Waals surface area contributed by atoms with Crippen LogP contribution < -0.4 is 0 Å². The summed E-state index contributed by atoms with van der Waals surface area (Å²) in [6, 6.07) is 13.5. The minimum atomic E-state index is -0.381. The Morgan fingerprint density at radius 1 is 1.19 bits per heavy atom. The van der Waals surface area contributed by atoms with Crippen LogP contribution in [0.1, 0.15) is 22.3 Å². The summed E-state index contributed by atoms with van der Waals surface area (Å²) in [4.78, 5) is 14.0. The van der Waals surface area contributed by atoms with E-state index in [1.807, 2.05) is 36.2 Å². The number of nitrogens with zero attached hydrogens (tertiary/aromatic N) is 1. The maximum Gasteiger partial charge on any atom is 0.164 e. The molecule has 4 heteroatoms. The minimum absolute atomic E-state index is 0.0487. The van der Waals surface area contributed by atoms with Gasteiger partial charge in [0.05, 0.1) is 0 Å². The average molecular weight is 306 g/mol. The largest absolute Gasteiger partial charge is 0.302 e. The Hall–Kier alpha value is -1.71. The van der Waals surface area contributed by atoms with Gasteiger partial charge in [-0.2, -0.15) is 0 Å². The lowest BCUT2D eigenvalue weighted by molar-refractivity contribution is 0.0967. The standard InChI is InChI=1S/C17H17ClFNO/c1-20(12-13-4-2-6-15(18)10-13)9-8-17(21)14-5-3-7-16(19)11-14/h2-7,10-11H,8-9,12H2,1H3. The maximum absolute atomic E-state index is 13.1. The molecule has 2 aromatic rings. The van der Waals surface area contributed by atoms with Crippen LogP contribution in [0, 0.1) is 5.82 Å². The van der Waals surface area contributed by atoms with Gasteiger partial charge < -0.3 is 4.90 Å². The van der Waals surface area contributed by atoms with Gasteiger partial charge >= 0.3 is 0 Å². The van der Waals surface area contributed by atoms with Crippen LogP contribution in [0.4, 0.5) is 4.39 Å². The molecule has 2 nitrogen and oxygen atoms in total. The topological polar surface area (TPSA) is 20.3 Å². The molecule has 0 radical (unpaired) electrons. The number of Topliss-reactive ketones (excluding diaryl/α,β-unsaturated/α-hetero) is 1. The van der Waals surface area contributed by atoms with Crippen molar-refractivity contribution in [1.29, 1.82) is 0 Å². The van der Waals surface area contributed by atoms with Gasteiger partial charge in [-0.15, -0.1) is 0 Å². The highest BCUT2D eigenvalue weighted by molar-refractivity contribution is 6.30. The van der Waals surface area contributed by atoms with Crippen LogP contribution in [0.25, 0.3) is 0 Å². The van der Waals surface area contributed by atoms with Crippen molar-refractivity contribution in [3.8, 4) is 0 Å². The molecule has 0 aliphatic carbocycles. The van der Waals surface area contributed by atoms with Crippen molar-refractivity contribution in [2.24, 2.45) is 0 Å². The average Bonchev–Trinajstić information content (AvgIpc) is 2.45. The first-order valence-corrected chi connectivity index (χ1v) is 7.14. The van der Waals surface area contributed by atoms with Crippen LogP contribution in [0.2, 0.25) is 5.02 Å². The van der Waals surface area contributed by atoms with Crippen molar-refractivity contribution in [2.45, 2.75) is 13.0 Å². The van der Waals surface area contributed by atoms with Crippen molar-refractivity contribution in [3.63, 3.8) is 0 Å². The van der Waals surface area contributed by atoms with E-state index >= 15 is 0 Å². The van der Waals surface area contributed by atoms with E-state index in [1.54, 1.807) is 12.1 Å². The number of benzene rings is 2. The summed E-state index contributed by atoms with van der Waals surface area (Å²) in [5.74, 6) is -0.430. The second-order valence-electron chi connectivity index (χ2n) is 5.05. The monoisotopic (exact) mass is 305 g/mol. The van der Waals surface area contributed by atoms with Crippen molar-refractivity contribution >= 4 is 17.4 Å². The third-order valence-corrected chi connectivity index (χ3v) is 3.44. The van der Waals surface area contributed by atoms with E-state index in [0.717, 1.165) is 12.1 Å². The zero-order chi connectivity index (χ0) is 15.2.